The zero-order valence-electron chi connectivity index (χ0n) is 22.0. The molecule has 5 nitrogen and oxygen atoms in total. The van der Waals surface area contributed by atoms with Crippen LogP contribution in [0.1, 0.15) is 51.2 Å². The second-order valence-corrected chi connectivity index (χ2v) is 11.1. The van der Waals surface area contributed by atoms with E-state index in [0.717, 1.165) is 4.90 Å². The molecule has 0 heterocycles. The molecule has 2 amide bonds. The summed E-state index contributed by atoms with van der Waals surface area (Å²) in [7, 11) is 0. The van der Waals surface area contributed by atoms with Crippen LogP contribution >= 0.6 is 11.8 Å². The van der Waals surface area contributed by atoms with E-state index in [1.54, 1.807) is 11.8 Å². The van der Waals surface area contributed by atoms with E-state index in [2.05, 4.69) is 29.6 Å². The van der Waals surface area contributed by atoms with E-state index >= 15 is 0 Å². The largest absolute Gasteiger partial charge is 0.449 e. The van der Waals surface area contributed by atoms with Crippen molar-refractivity contribution in [3.05, 3.63) is 90.0 Å². The molecule has 3 aromatic carbocycles. The van der Waals surface area contributed by atoms with Crippen LogP contribution in [0.5, 0.6) is 0 Å². The van der Waals surface area contributed by atoms with E-state index in [1.807, 2.05) is 87.2 Å². The average molecular weight is 517 g/mol. The van der Waals surface area contributed by atoms with E-state index < -0.39 is 6.09 Å². The molecule has 0 saturated heterocycles. The summed E-state index contributed by atoms with van der Waals surface area (Å²) in [6.07, 6.45) is -0.269. The van der Waals surface area contributed by atoms with Crippen LogP contribution in [0.25, 0.3) is 11.1 Å². The molecule has 0 aromatic heterocycles. The zero-order chi connectivity index (χ0) is 26.4. The number of rotatable bonds is 10. The fourth-order valence-corrected chi connectivity index (χ4v) is 6.10. The fraction of sp³-hybridized carbons (Fsp3) is 0.355. The van der Waals surface area contributed by atoms with Crippen molar-refractivity contribution in [2.45, 2.75) is 63.1 Å². The number of amides is 2. The molecule has 1 aliphatic carbocycles. The second kappa shape index (κ2) is 12.3. The average Bonchev–Trinajstić information content (AvgIpc) is 3.20. The highest BCUT2D eigenvalue weighted by Crippen LogP contribution is 2.44. The molecule has 4 rings (SSSR count). The van der Waals surface area contributed by atoms with Gasteiger partial charge in [0, 0.05) is 35.1 Å². The summed E-state index contributed by atoms with van der Waals surface area (Å²) in [5, 5.41) is 2.99. The van der Waals surface area contributed by atoms with Crippen molar-refractivity contribution < 1.29 is 14.3 Å². The third-order valence-electron chi connectivity index (χ3n) is 6.68. The molecule has 0 radical (unpaired) electrons. The zero-order valence-corrected chi connectivity index (χ0v) is 22.8. The number of nitrogens with one attached hydrogen (secondary N) is 1. The Morgan fingerprint density at radius 2 is 1.38 bits per heavy atom. The molecule has 0 saturated carbocycles. The van der Waals surface area contributed by atoms with E-state index in [4.69, 9.17) is 4.74 Å². The summed E-state index contributed by atoms with van der Waals surface area (Å²) in [4.78, 5) is 29.2. The van der Waals surface area contributed by atoms with Crippen LogP contribution in [-0.2, 0) is 9.53 Å². The van der Waals surface area contributed by atoms with Crippen molar-refractivity contribution in [2.24, 2.45) is 0 Å². The van der Waals surface area contributed by atoms with Gasteiger partial charge in [0.15, 0.2) is 0 Å². The van der Waals surface area contributed by atoms with E-state index in [1.165, 1.54) is 22.3 Å². The summed E-state index contributed by atoms with van der Waals surface area (Å²) >= 11 is 1.62. The summed E-state index contributed by atoms with van der Waals surface area (Å²) in [6.45, 7) is 8.32. The van der Waals surface area contributed by atoms with Crippen LogP contribution in [-0.4, -0.2) is 47.4 Å². The molecular formula is C31H36N2O3S. The van der Waals surface area contributed by atoms with Crippen molar-refractivity contribution >= 4 is 23.8 Å². The van der Waals surface area contributed by atoms with Gasteiger partial charge < -0.3 is 15.0 Å². The Kier molecular flexibility index (Phi) is 8.93. The van der Waals surface area contributed by atoms with Crippen molar-refractivity contribution in [2.75, 3.05) is 12.4 Å². The second-order valence-electron chi connectivity index (χ2n) is 9.98. The Hall–Kier alpha value is -3.25. The van der Waals surface area contributed by atoms with Gasteiger partial charge in [0.1, 0.15) is 6.61 Å². The van der Waals surface area contributed by atoms with E-state index in [-0.39, 0.29) is 43.0 Å². The van der Waals surface area contributed by atoms with E-state index in [9.17, 15) is 9.59 Å². The number of ether oxygens (including phenoxy) is 1. The summed E-state index contributed by atoms with van der Waals surface area (Å²) in [6, 6.07) is 26.4. The van der Waals surface area contributed by atoms with Crippen LogP contribution in [0.2, 0.25) is 0 Å². The Morgan fingerprint density at radius 1 is 0.838 bits per heavy atom. The Morgan fingerprint density at radius 3 is 1.95 bits per heavy atom. The topological polar surface area (TPSA) is 58.6 Å². The lowest BCUT2D eigenvalue weighted by atomic mass is 9.98. The van der Waals surface area contributed by atoms with Gasteiger partial charge in [-0.05, 0) is 62.1 Å². The highest BCUT2D eigenvalue weighted by atomic mass is 32.2. The summed E-state index contributed by atoms with van der Waals surface area (Å²) < 4.78 is 5.77. The molecule has 37 heavy (non-hydrogen) atoms. The molecule has 3 aromatic rings. The Labute approximate surface area is 224 Å². The van der Waals surface area contributed by atoms with E-state index in [0.29, 0.717) is 5.75 Å². The van der Waals surface area contributed by atoms with Gasteiger partial charge in [0.2, 0.25) is 5.91 Å². The van der Waals surface area contributed by atoms with Gasteiger partial charge in [-0.2, -0.15) is 0 Å². The number of nitrogens with zero attached hydrogens (tertiary/aromatic N) is 1. The predicted molar refractivity (Wildman–Crippen MR) is 151 cm³/mol. The molecule has 1 atom stereocenters. The number of carbonyl (C=O) groups is 2. The SMILES string of the molecule is CC(C)N(C(=O)C[C@H](CSc1ccccc1)NC(=O)OCC1c2ccccc2-c2ccccc21)C(C)C. The number of hydrogen-bond donors (Lipinski definition) is 1. The van der Waals surface area contributed by atoms with Gasteiger partial charge in [-0.1, -0.05) is 66.7 Å². The molecule has 0 aliphatic heterocycles. The minimum atomic E-state index is -0.492. The van der Waals surface area contributed by atoms with Crippen molar-refractivity contribution in [3.8, 4) is 11.1 Å². The maximum Gasteiger partial charge on any atom is 0.407 e. The highest BCUT2D eigenvalue weighted by Gasteiger charge is 2.30. The monoisotopic (exact) mass is 516 g/mol. The maximum atomic E-state index is 13.2. The molecular weight excluding hydrogens is 480 g/mol. The molecule has 194 valence electrons. The van der Waals surface area contributed by atoms with Crippen LogP contribution in [0, 0.1) is 0 Å². The van der Waals surface area contributed by atoms with Crippen LogP contribution in [0.15, 0.2) is 83.8 Å². The quantitative estimate of drug-likeness (QED) is 0.304. The number of fused-ring (bicyclic) bond motifs is 3. The standard InChI is InChI=1S/C31H36N2O3S/c1-21(2)33(22(3)4)30(34)18-23(20-37-24-12-6-5-7-13-24)32-31(35)36-19-29-27-16-10-8-14-25(27)26-15-9-11-17-28(26)29/h5-17,21-23,29H,18-20H2,1-4H3,(H,32,35)/t23-/m1/s1. The molecule has 0 spiro atoms. The van der Waals surface area contributed by atoms with Crippen molar-refractivity contribution in [1.82, 2.24) is 10.2 Å². The van der Waals surface area contributed by atoms with Crippen LogP contribution < -0.4 is 5.32 Å². The van der Waals surface area contributed by atoms with Gasteiger partial charge >= 0.3 is 6.09 Å². The molecule has 6 heteroatoms. The Bertz CT molecular complexity index is 1160. The Balaban J connectivity index is 1.43. The van der Waals surface area contributed by atoms with Gasteiger partial charge in [0.25, 0.3) is 0 Å². The number of benzene rings is 3. The first-order chi connectivity index (χ1) is 17.8. The normalized spacial score (nSPS) is 13.2. The fourth-order valence-electron chi connectivity index (χ4n) is 5.16. The van der Waals surface area contributed by atoms with Crippen molar-refractivity contribution in [3.63, 3.8) is 0 Å². The first kappa shape index (κ1) is 26.8. The lowest BCUT2D eigenvalue weighted by Gasteiger charge is -2.32. The van der Waals surface area contributed by atoms with Gasteiger partial charge in [-0.3, -0.25) is 4.79 Å². The number of carbonyl (C=O) groups excluding carboxylic acids is 2. The molecule has 0 bridgehead atoms. The molecule has 0 fully saturated rings. The highest BCUT2D eigenvalue weighted by molar-refractivity contribution is 7.99. The number of thioether (sulfide) groups is 1. The first-order valence-corrected chi connectivity index (χ1v) is 13.9. The van der Waals surface area contributed by atoms with Crippen LogP contribution in [0.4, 0.5) is 4.79 Å². The third-order valence-corrected chi connectivity index (χ3v) is 7.86. The van der Waals surface area contributed by atoms with Crippen LogP contribution in [0.3, 0.4) is 0 Å². The smallest absolute Gasteiger partial charge is 0.407 e. The minimum absolute atomic E-state index is 0.00528. The van der Waals surface area contributed by atoms with Gasteiger partial charge in [0.05, 0.1) is 6.04 Å². The number of hydrogen-bond acceptors (Lipinski definition) is 4. The van der Waals surface area contributed by atoms with Crippen molar-refractivity contribution in [1.29, 1.82) is 0 Å². The summed E-state index contributed by atoms with van der Waals surface area (Å²) in [5.74, 6) is 0.598. The number of alkyl carbamates (subject to hydrolysis) is 1. The molecule has 1 N–H and O–H groups in total. The lowest BCUT2D eigenvalue weighted by Crippen LogP contribution is -2.46. The lowest BCUT2D eigenvalue weighted by molar-refractivity contribution is -0.135. The summed E-state index contributed by atoms with van der Waals surface area (Å²) in [5.41, 5.74) is 4.73. The maximum absolute atomic E-state index is 13.2. The van der Waals surface area contributed by atoms with Gasteiger partial charge in [-0.15, -0.1) is 11.8 Å². The third kappa shape index (κ3) is 6.55. The predicted octanol–water partition coefficient (Wildman–Crippen LogP) is 6.72. The first-order valence-electron chi connectivity index (χ1n) is 13.0. The van der Waals surface area contributed by atoms with Gasteiger partial charge in [-0.25, -0.2) is 4.79 Å². The molecule has 1 aliphatic rings. The minimum Gasteiger partial charge on any atom is -0.449 e. The molecule has 0 unspecified atom stereocenters.